The Bertz CT molecular complexity index is 918. The Kier molecular flexibility index (Phi) is 5.09. The molecule has 0 fully saturated rings. The first-order chi connectivity index (χ1) is 12.2. The van der Waals surface area contributed by atoms with Gasteiger partial charge in [-0.3, -0.25) is 4.98 Å². The number of anilines is 1. The molecule has 0 atom stereocenters. The summed E-state index contributed by atoms with van der Waals surface area (Å²) >= 11 is 0. The zero-order chi connectivity index (χ0) is 17.6. The number of esters is 1. The van der Waals surface area contributed by atoms with Crippen LogP contribution in [0.5, 0.6) is 0 Å². The lowest BCUT2D eigenvalue weighted by Crippen LogP contribution is -2.06. The third-order valence-corrected chi connectivity index (χ3v) is 3.76. The summed E-state index contributed by atoms with van der Waals surface area (Å²) in [5.74, 6) is -0.377. The highest BCUT2D eigenvalue weighted by molar-refractivity contribution is 5.99. The van der Waals surface area contributed by atoms with Gasteiger partial charge in [-0.15, -0.1) is 0 Å². The van der Waals surface area contributed by atoms with Gasteiger partial charge in [0.15, 0.2) is 0 Å². The summed E-state index contributed by atoms with van der Waals surface area (Å²) < 4.78 is 5.07. The fraction of sp³-hybridized carbons (Fsp3) is 0.143. The molecule has 0 aliphatic heterocycles. The summed E-state index contributed by atoms with van der Waals surface area (Å²) in [5.41, 5.74) is 4.24. The van der Waals surface area contributed by atoms with Gasteiger partial charge in [-0.05, 0) is 31.5 Å². The van der Waals surface area contributed by atoms with E-state index >= 15 is 0 Å². The molecule has 0 unspecified atom stereocenters. The van der Waals surface area contributed by atoms with Gasteiger partial charge in [0.1, 0.15) is 0 Å². The largest absolute Gasteiger partial charge is 0.463 e. The molecule has 0 radical (unpaired) electrons. The zero-order valence-corrected chi connectivity index (χ0v) is 14.3. The van der Waals surface area contributed by atoms with Crippen molar-refractivity contribution < 1.29 is 9.53 Å². The fourth-order valence-corrected chi connectivity index (χ4v) is 2.60. The first kappa shape index (κ1) is 16.7. The van der Waals surface area contributed by atoms with E-state index in [1.54, 1.807) is 6.92 Å². The number of benzene rings is 2. The summed E-state index contributed by atoms with van der Waals surface area (Å²) in [4.78, 5) is 16.6. The standard InChI is InChI=1S/C21H20N2O2/c1-3-25-20(24)14-19(16-8-5-4-6-9-16)23-18-11-7-10-17-13-12-15(2)22-21(17)18/h4-14,23H,3H2,1-2H3/b19-14-. The number of aryl methyl sites for hydroxylation is 1. The van der Waals surface area contributed by atoms with Crippen LogP contribution >= 0.6 is 0 Å². The number of rotatable bonds is 5. The van der Waals surface area contributed by atoms with Crippen LogP contribution in [0.15, 0.2) is 66.7 Å². The number of hydrogen-bond acceptors (Lipinski definition) is 4. The number of nitrogens with one attached hydrogen (secondary N) is 1. The molecule has 0 aliphatic rings. The Labute approximate surface area is 147 Å². The van der Waals surface area contributed by atoms with E-state index in [2.05, 4.69) is 10.3 Å². The van der Waals surface area contributed by atoms with Crippen molar-refractivity contribution in [2.24, 2.45) is 0 Å². The maximum Gasteiger partial charge on any atom is 0.332 e. The minimum absolute atomic E-state index is 0.340. The molecule has 0 spiro atoms. The van der Waals surface area contributed by atoms with E-state index < -0.39 is 0 Å². The Morgan fingerprint density at radius 2 is 1.88 bits per heavy atom. The smallest absolute Gasteiger partial charge is 0.332 e. The summed E-state index contributed by atoms with van der Waals surface area (Å²) in [6.45, 7) is 4.09. The predicted octanol–water partition coefficient (Wildman–Crippen LogP) is 4.56. The molecule has 0 aliphatic carbocycles. The molecule has 25 heavy (non-hydrogen) atoms. The van der Waals surface area contributed by atoms with Gasteiger partial charge in [-0.1, -0.05) is 48.5 Å². The van der Waals surface area contributed by atoms with Gasteiger partial charge in [0.25, 0.3) is 0 Å². The Morgan fingerprint density at radius 3 is 2.64 bits per heavy atom. The van der Waals surface area contributed by atoms with Crippen molar-refractivity contribution in [3.8, 4) is 0 Å². The molecule has 1 N–H and O–H groups in total. The van der Waals surface area contributed by atoms with Gasteiger partial charge in [0.05, 0.1) is 23.5 Å². The van der Waals surface area contributed by atoms with E-state index in [-0.39, 0.29) is 5.97 Å². The zero-order valence-electron chi connectivity index (χ0n) is 14.3. The molecule has 2 aromatic carbocycles. The minimum Gasteiger partial charge on any atom is -0.463 e. The highest BCUT2D eigenvalue weighted by Crippen LogP contribution is 2.26. The van der Waals surface area contributed by atoms with Crippen LogP contribution in [0.1, 0.15) is 18.2 Å². The second-order valence-electron chi connectivity index (χ2n) is 5.63. The van der Waals surface area contributed by atoms with Gasteiger partial charge in [-0.25, -0.2) is 4.79 Å². The number of nitrogens with zero attached hydrogens (tertiary/aromatic N) is 1. The van der Waals surface area contributed by atoms with Gasteiger partial charge in [0.2, 0.25) is 0 Å². The van der Waals surface area contributed by atoms with E-state index in [1.165, 1.54) is 6.08 Å². The normalized spacial score (nSPS) is 11.4. The molecule has 3 rings (SSSR count). The first-order valence-corrected chi connectivity index (χ1v) is 8.24. The van der Waals surface area contributed by atoms with Crippen LogP contribution in [0.3, 0.4) is 0 Å². The number of fused-ring (bicyclic) bond motifs is 1. The van der Waals surface area contributed by atoms with Crippen molar-refractivity contribution in [3.63, 3.8) is 0 Å². The number of carbonyl (C=O) groups excluding carboxylic acids is 1. The Morgan fingerprint density at radius 1 is 1.08 bits per heavy atom. The summed E-state index contributed by atoms with van der Waals surface area (Å²) in [5, 5.41) is 4.39. The number of carbonyl (C=O) groups is 1. The van der Waals surface area contributed by atoms with Gasteiger partial charge in [0, 0.05) is 17.2 Å². The van der Waals surface area contributed by atoms with Crippen LogP contribution in [-0.2, 0) is 9.53 Å². The van der Waals surface area contributed by atoms with Gasteiger partial charge >= 0.3 is 5.97 Å². The van der Waals surface area contributed by atoms with E-state index in [4.69, 9.17) is 4.74 Å². The van der Waals surface area contributed by atoms with Crippen molar-refractivity contribution in [2.75, 3.05) is 11.9 Å². The maximum absolute atomic E-state index is 12.0. The second kappa shape index (κ2) is 7.62. The van der Waals surface area contributed by atoms with E-state index in [0.717, 1.165) is 27.8 Å². The molecule has 0 bridgehead atoms. The SMILES string of the molecule is CCOC(=O)/C=C(\Nc1cccc2ccc(C)nc12)c1ccccc1. The molecule has 1 heterocycles. The summed E-state index contributed by atoms with van der Waals surface area (Å²) in [7, 11) is 0. The summed E-state index contributed by atoms with van der Waals surface area (Å²) in [6, 6.07) is 19.7. The molecule has 126 valence electrons. The number of aromatic nitrogens is 1. The summed E-state index contributed by atoms with van der Waals surface area (Å²) in [6.07, 6.45) is 1.48. The van der Waals surface area contributed by atoms with Crippen molar-refractivity contribution >= 4 is 28.3 Å². The van der Waals surface area contributed by atoms with Crippen molar-refractivity contribution in [3.05, 3.63) is 78.0 Å². The Balaban J connectivity index is 2.04. The average molecular weight is 332 g/mol. The van der Waals surface area contributed by atoms with Crippen LogP contribution in [0.4, 0.5) is 5.69 Å². The van der Waals surface area contributed by atoms with Crippen LogP contribution in [-0.4, -0.2) is 17.6 Å². The predicted molar refractivity (Wildman–Crippen MR) is 101 cm³/mol. The van der Waals surface area contributed by atoms with Gasteiger partial charge < -0.3 is 10.1 Å². The average Bonchev–Trinajstić information content (AvgIpc) is 2.62. The van der Waals surface area contributed by atoms with Crippen molar-refractivity contribution in [1.29, 1.82) is 0 Å². The highest BCUT2D eigenvalue weighted by atomic mass is 16.5. The van der Waals surface area contributed by atoms with Crippen LogP contribution < -0.4 is 5.32 Å². The van der Waals surface area contributed by atoms with Crippen LogP contribution in [0.25, 0.3) is 16.6 Å². The lowest BCUT2D eigenvalue weighted by atomic mass is 10.1. The quantitative estimate of drug-likeness (QED) is 0.550. The number of hydrogen-bond donors (Lipinski definition) is 1. The molecule has 4 nitrogen and oxygen atoms in total. The number of para-hydroxylation sites is 1. The second-order valence-corrected chi connectivity index (χ2v) is 5.63. The van der Waals surface area contributed by atoms with E-state index in [1.807, 2.05) is 67.6 Å². The molecular formula is C21H20N2O2. The molecule has 4 heteroatoms. The lowest BCUT2D eigenvalue weighted by Gasteiger charge is -2.13. The van der Waals surface area contributed by atoms with Crippen molar-refractivity contribution in [2.45, 2.75) is 13.8 Å². The molecular weight excluding hydrogens is 312 g/mol. The van der Waals surface area contributed by atoms with Crippen LogP contribution in [0.2, 0.25) is 0 Å². The monoisotopic (exact) mass is 332 g/mol. The number of pyridine rings is 1. The lowest BCUT2D eigenvalue weighted by molar-refractivity contribution is -0.137. The van der Waals surface area contributed by atoms with E-state index in [0.29, 0.717) is 12.3 Å². The van der Waals surface area contributed by atoms with Crippen molar-refractivity contribution in [1.82, 2.24) is 4.98 Å². The molecule has 0 saturated carbocycles. The first-order valence-electron chi connectivity index (χ1n) is 8.24. The molecule has 3 aromatic rings. The van der Waals surface area contributed by atoms with Gasteiger partial charge in [-0.2, -0.15) is 0 Å². The molecule has 0 amide bonds. The number of ether oxygens (including phenoxy) is 1. The minimum atomic E-state index is -0.377. The third kappa shape index (κ3) is 4.04. The van der Waals surface area contributed by atoms with Crippen LogP contribution in [0, 0.1) is 6.92 Å². The Hall–Kier alpha value is -3.14. The fourth-order valence-electron chi connectivity index (χ4n) is 2.60. The molecule has 1 aromatic heterocycles. The highest BCUT2D eigenvalue weighted by Gasteiger charge is 2.09. The topological polar surface area (TPSA) is 51.2 Å². The molecule has 0 saturated heterocycles. The van der Waals surface area contributed by atoms with E-state index in [9.17, 15) is 4.79 Å². The third-order valence-electron chi connectivity index (χ3n) is 3.76. The maximum atomic E-state index is 12.0.